The predicted octanol–water partition coefficient (Wildman–Crippen LogP) is 3.38. The monoisotopic (exact) mass is 382 g/mol. The molecule has 0 bridgehead atoms. The molecule has 1 amide bonds. The topological polar surface area (TPSA) is 78.9 Å². The molecule has 2 aromatic carbocycles. The van der Waals surface area contributed by atoms with E-state index < -0.39 is 5.97 Å². The largest absolute Gasteiger partial charge is 0.478 e. The average Bonchev–Trinajstić information content (AvgIpc) is 2.69. The summed E-state index contributed by atoms with van der Waals surface area (Å²) < 4.78 is 5.09. The van der Waals surface area contributed by atoms with Gasteiger partial charge in [0.15, 0.2) is 0 Å². The number of methoxy groups -OCH3 is 1. The van der Waals surface area contributed by atoms with E-state index in [0.29, 0.717) is 12.3 Å². The van der Waals surface area contributed by atoms with Crippen molar-refractivity contribution in [3.05, 3.63) is 65.2 Å². The first-order valence-corrected chi connectivity index (χ1v) is 9.48. The van der Waals surface area contributed by atoms with Gasteiger partial charge in [0.2, 0.25) is 5.91 Å². The number of anilines is 1. The van der Waals surface area contributed by atoms with Crippen molar-refractivity contribution in [1.29, 1.82) is 0 Å². The summed E-state index contributed by atoms with van der Waals surface area (Å²) in [6.45, 7) is 2.94. The van der Waals surface area contributed by atoms with Crippen LogP contribution in [0.5, 0.6) is 0 Å². The summed E-state index contributed by atoms with van der Waals surface area (Å²) in [5.41, 5.74) is 2.64. The number of carboxylic acid groups (broad SMARTS) is 1. The summed E-state index contributed by atoms with van der Waals surface area (Å²) in [5, 5.41) is 12.2. The molecule has 2 N–H and O–H groups in total. The minimum absolute atomic E-state index is 0.0507. The lowest BCUT2D eigenvalue weighted by Crippen LogP contribution is -2.37. The van der Waals surface area contributed by atoms with Crippen LogP contribution in [-0.2, 0) is 22.7 Å². The molecule has 0 saturated carbocycles. The number of rotatable bonds is 7. The zero-order valence-corrected chi connectivity index (χ0v) is 16.1. The summed E-state index contributed by atoms with van der Waals surface area (Å²) in [5.74, 6) is -1.14. The van der Waals surface area contributed by atoms with Crippen LogP contribution in [0, 0.1) is 5.92 Å². The molecule has 6 heteroatoms. The molecule has 148 valence electrons. The summed E-state index contributed by atoms with van der Waals surface area (Å²) in [4.78, 5) is 26.4. The van der Waals surface area contributed by atoms with Crippen molar-refractivity contribution in [1.82, 2.24) is 4.90 Å². The van der Waals surface area contributed by atoms with E-state index in [1.807, 2.05) is 18.2 Å². The molecule has 1 aliphatic heterocycles. The van der Waals surface area contributed by atoms with Gasteiger partial charge in [-0.3, -0.25) is 9.69 Å². The number of benzene rings is 2. The number of piperidine rings is 1. The van der Waals surface area contributed by atoms with E-state index in [2.05, 4.69) is 22.3 Å². The first-order valence-electron chi connectivity index (χ1n) is 9.48. The predicted molar refractivity (Wildman–Crippen MR) is 107 cm³/mol. The Bertz CT molecular complexity index is 815. The summed E-state index contributed by atoms with van der Waals surface area (Å²) >= 11 is 0. The summed E-state index contributed by atoms with van der Waals surface area (Å²) in [6, 6.07) is 15.1. The Kier molecular flexibility index (Phi) is 6.79. The van der Waals surface area contributed by atoms with Crippen molar-refractivity contribution in [2.24, 2.45) is 5.92 Å². The van der Waals surface area contributed by atoms with Crippen LogP contribution in [0.1, 0.15) is 34.3 Å². The second kappa shape index (κ2) is 9.48. The zero-order valence-electron chi connectivity index (χ0n) is 16.1. The highest BCUT2D eigenvalue weighted by Gasteiger charge is 2.25. The zero-order chi connectivity index (χ0) is 19.9. The fraction of sp³-hybridized carbons (Fsp3) is 0.364. The lowest BCUT2D eigenvalue weighted by molar-refractivity contribution is -0.121. The van der Waals surface area contributed by atoms with E-state index in [1.54, 1.807) is 19.2 Å². The molecule has 1 aliphatic rings. The molecule has 1 fully saturated rings. The number of aromatic carboxylic acids is 1. The highest BCUT2D eigenvalue weighted by atomic mass is 16.5. The third-order valence-corrected chi connectivity index (χ3v) is 5.03. The molecule has 28 heavy (non-hydrogen) atoms. The number of carbonyl (C=O) groups excluding carboxylic acids is 1. The number of carboxylic acids is 1. The van der Waals surface area contributed by atoms with Crippen molar-refractivity contribution in [3.63, 3.8) is 0 Å². The third kappa shape index (κ3) is 5.41. The van der Waals surface area contributed by atoms with Crippen LogP contribution in [0.3, 0.4) is 0 Å². The van der Waals surface area contributed by atoms with Gasteiger partial charge in [-0.1, -0.05) is 30.3 Å². The highest BCUT2D eigenvalue weighted by Crippen LogP contribution is 2.22. The number of amides is 1. The number of hydrogen-bond acceptors (Lipinski definition) is 4. The first-order chi connectivity index (χ1) is 13.5. The van der Waals surface area contributed by atoms with Gasteiger partial charge >= 0.3 is 5.97 Å². The number of ether oxygens (including phenoxy) is 1. The van der Waals surface area contributed by atoms with Crippen molar-refractivity contribution in [2.75, 3.05) is 25.5 Å². The molecule has 0 unspecified atom stereocenters. The van der Waals surface area contributed by atoms with Gasteiger partial charge in [0.1, 0.15) is 0 Å². The number of carbonyl (C=O) groups is 2. The van der Waals surface area contributed by atoms with E-state index >= 15 is 0 Å². The quantitative estimate of drug-likeness (QED) is 0.767. The van der Waals surface area contributed by atoms with Gasteiger partial charge in [-0.2, -0.15) is 0 Å². The van der Waals surface area contributed by atoms with Gasteiger partial charge in [0, 0.05) is 25.3 Å². The van der Waals surface area contributed by atoms with Gasteiger partial charge in [-0.15, -0.1) is 0 Å². The van der Waals surface area contributed by atoms with Gasteiger partial charge < -0.3 is 15.2 Å². The standard InChI is InChI=1S/C22H26N2O4/c1-28-15-17-11-19(22(26)27)13-20(12-17)23-21(25)18-7-9-24(10-8-18)14-16-5-3-2-4-6-16/h2-6,11-13,18H,7-10,14-15H2,1H3,(H,23,25)(H,26,27). The van der Waals surface area contributed by atoms with Gasteiger partial charge in [0.25, 0.3) is 0 Å². The SMILES string of the molecule is COCc1cc(NC(=O)C2CCN(Cc3ccccc3)CC2)cc(C(=O)O)c1. The van der Waals surface area contributed by atoms with E-state index in [0.717, 1.165) is 38.0 Å². The lowest BCUT2D eigenvalue weighted by Gasteiger charge is -2.31. The fourth-order valence-electron chi connectivity index (χ4n) is 3.58. The van der Waals surface area contributed by atoms with E-state index in [4.69, 9.17) is 4.74 Å². The lowest BCUT2D eigenvalue weighted by atomic mass is 9.95. The molecule has 6 nitrogen and oxygen atoms in total. The molecular weight excluding hydrogens is 356 g/mol. The van der Waals surface area contributed by atoms with Crippen LogP contribution in [0.15, 0.2) is 48.5 Å². The first kappa shape index (κ1) is 20.0. The molecule has 1 saturated heterocycles. The molecule has 0 spiro atoms. The normalized spacial score (nSPS) is 15.3. The van der Waals surface area contributed by atoms with E-state index in [-0.39, 0.29) is 17.4 Å². The maximum atomic E-state index is 12.7. The van der Waals surface area contributed by atoms with Gasteiger partial charge in [-0.25, -0.2) is 4.79 Å². The van der Waals surface area contributed by atoms with Crippen LogP contribution >= 0.6 is 0 Å². The van der Waals surface area contributed by atoms with Crippen LogP contribution in [-0.4, -0.2) is 42.1 Å². The van der Waals surface area contributed by atoms with E-state index in [1.165, 1.54) is 11.6 Å². The molecule has 0 aliphatic carbocycles. The minimum atomic E-state index is -1.03. The van der Waals surface area contributed by atoms with Crippen LogP contribution in [0.4, 0.5) is 5.69 Å². The highest BCUT2D eigenvalue weighted by molar-refractivity contribution is 5.95. The number of nitrogens with one attached hydrogen (secondary N) is 1. The maximum Gasteiger partial charge on any atom is 0.335 e. The Morgan fingerprint density at radius 3 is 2.46 bits per heavy atom. The second-order valence-electron chi connectivity index (χ2n) is 7.18. The molecule has 3 rings (SSSR count). The van der Waals surface area contributed by atoms with Gasteiger partial charge in [0.05, 0.1) is 12.2 Å². The van der Waals surface area contributed by atoms with Crippen molar-refractivity contribution in [3.8, 4) is 0 Å². The van der Waals surface area contributed by atoms with Crippen molar-refractivity contribution >= 4 is 17.6 Å². The third-order valence-electron chi connectivity index (χ3n) is 5.03. The molecule has 0 radical (unpaired) electrons. The number of likely N-dealkylation sites (tertiary alicyclic amines) is 1. The Labute approximate surface area is 165 Å². The van der Waals surface area contributed by atoms with Crippen molar-refractivity contribution < 1.29 is 19.4 Å². The fourth-order valence-corrected chi connectivity index (χ4v) is 3.58. The second-order valence-corrected chi connectivity index (χ2v) is 7.18. The molecule has 1 heterocycles. The molecule has 2 aromatic rings. The smallest absolute Gasteiger partial charge is 0.335 e. The van der Waals surface area contributed by atoms with Crippen LogP contribution in [0.25, 0.3) is 0 Å². The number of nitrogens with zero attached hydrogens (tertiary/aromatic N) is 1. The molecule has 0 atom stereocenters. The Hall–Kier alpha value is -2.70. The summed E-state index contributed by atoms with van der Waals surface area (Å²) in [6.07, 6.45) is 1.59. The minimum Gasteiger partial charge on any atom is -0.478 e. The molecule has 0 aromatic heterocycles. The molecular formula is C22H26N2O4. The maximum absolute atomic E-state index is 12.7. The van der Waals surface area contributed by atoms with Crippen molar-refractivity contribution in [2.45, 2.75) is 26.0 Å². The Morgan fingerprint density at radius 2 is 1.82 bits per heavy atom. The average molecular weight is 382 g/mol. The summed E-state index contributed by atoms with van der Waals surface area (Å²) in [7, 11) is 1.55. The van der Waals surface area contributed by atoms with Crippen LogP contribution < -0.4 is 5.32 Å². The van der Waals surface area contributed by atoms with E-state index in [9.17, 15) is 14.7 Å². The van der Waals surface area contributed by atoms with Gasteiger partial charge in [-0.05, 0) is 55.3 Å². The Morgan fingerprint density at radius 1 is 1.11 bits per heavy atom. The van der Waals surface area contributed by atoms with Crippen LogP contribution in [0.2, 0.25) is 0 Å². The number of hydrogen-bond donors (Lipinski definition) is 2. The Balaban J connectivity index is 1.57.